The highest BCUT2D eigenvalue weighted by atomic mass is 35.5. The molecule has 226 valence electrons. The molecule has 3 aromatic heterocycles. The van der Waals surface area contributed by atoms with Crippen LogP contribution in [-0.4, -0.2) is 61.4 Å². The van der Waals surface area contributed by atoms with Gasteiger partial charge in [0.15, 0.2) is 5.82 Å². The minimum Gasteiger partial charge on any atom is -0.335 e. The summed E-state index contributed by atoms with van der Waals surface area (Å²) in [6.45, 7) is 12.1. The Labute approximate surface area is 257 Å². The van der Waals surface area contributed by atoms with E-state index in [1.165, 1.54) is 16.8 Å². The molecular weight excluding hydrogens is 585 g/mol. The number of pyridine rings is 1. The van der Waals surface area contributed by atoms with Crippen LogP contribution in [0, 0.1) is 19.7 Å². The zero-order chi connectivity index (χ0) is 31.4. The van der Waals surface area contributed by atoms with Crippen LogP contribution in [0.25, 0.3) is 38.8 Å². The summed E-state index contributed by atoms with van der Waals surface area (Å²) in [6.07, 6.45) is 4.48. The van der Waals surface area contributed by atoms with Crippen LogP contribution < -0.4 is 16.1 Å². The molecule has 5 aromatic rings. The molecular formula is C32H31ClFN7O3. The van der Waals surface area contributed by atoms with Crippen LogP contribution in [0.2, 0.25) is 5.02 Å². The lowest BCUT2D eigenvalue weighted by atomic mass is 9.95. The van der Waals surface area contributed by atoms with E-state index in [-0.39, 0.29) is 59.6 Å². The van der Waals surface area contributed by atoms with Gasteiger partial charge in [0.25, 0.3) is 0 Å². The van der Waals surface area contributed by atoms with E-state index in [1.807, 2.05) is 32.9 Å². The summed E-state index contributed by atoms with van der Waals surface area (Å²) >= 11 is 6.91. The molecule has 1 saturated heterocycles. The van der Waals surface area contributed by atoms with Crippen molar-refractivity contribution in [3.63, 3.8) is 0 Å². The third-order valence-corrected chi connectivity index (χ3v) is 8.53. The summed E-state index contributed by atoms with van der Waals surface area (Å²) in [5, 5.41) is 9.44. The number of halogens is 2. The summed E-state index contributed by atoms with van der Waals surface area (Å²) < 4.78 is 19.8. The van der Waals surface area contributed by atoms with Crippen molar-refractivity contribution in [1.82, 2.24) is 29.3 Å². The Morgan fingerprint density at radius 3 is 2.48 bits per heavy atom. The Morgan fingerprint density at radius 1 is 1.07 bits per heavy atom. The Hall–Kier alpha value is -4.77. The van der Waals surface area contributed by atoms with Gasteiger partial charge in [-0.3, -0.25) is 29.0 Å². The fraction of sp³-hybridized carbons (Fsp3) is 0.281. The van der Waals surface area contributed by atoms with Crippen LogP contribution in [0.5, 0.6) is 0 Å². The first-order valence-corrected chi connectivity index (χ1v) is 14.7. The van der Waals surface area contributed by atoms with Gasteiger partial charge < -0.3 is 9.91 Å². The number of carbonyl (C=O) groups excluding carboxylic acids is 1. The summed E-state index contributed by atoms with van der Waals surface area (Å²) in [5.74, 6) is -1.12. The number of rotatable bonds is 5. The number of H-pyrrole nitrogens is 1. The van der Waals surface area contributed by atoms with Crippen LogP contribution in [0.15, 0.2) is 58.9 Å². The van der Waals surface area contributed by atoms with Gasteiger partial charge in [-0.25, -0.2) is 9.07 Å². The lowest BCUT2D eigenvalue weighted by molar-refractivity contribution is -0.126. The molecule has 0 unspecified atom stereocenters. The quantitative estimate of drug-likeness (QED) is 0.229. The number of hydrogen-bond donors (Lipinski definition) is 1. The van der Waals surface area contributed by atoms with Crippen LogP contribution in [0.3, 0.4) is 0 Å². The van der Waals surface area contributed by atoms with Crippen molar-refractivity contribution >= 4 is 39.4 Å². The van der Waals surface area contributed by atoms with E-state index in [0.717, 1.165) is 10.1 Å². The maximum absolute atomic E-state index is 17.4. The van der Waals surface area contributed by atoms with E-state index in [0.29, 0.717) is 33.4 Å². The number of fused-ring (bicyclic) bond motifs is 2. The highest BCUT2D eigenvalue weighted by molar-refractivity contribution is 6.34. The highest BCUT2D eigenvalue weighted by Crippen LogP contribution is 2.41. The van der Waals surface area contributed by atoms with Crippen molar-refractivity contribution in [3.8, 4) is 16.8 Å². The zero-order valence-corrected chi connectivity index (χ0v) is 25.6. The third-order valence-electron chi connectivity index (χ3n) is 8.23. The van der Waals surface area contributed by atoms with Crippen molar-refractivity contribution in [1.29, 1.82) is 0 Å². The monoisotopic (exact) mass is 615 g/mol. The SMILES string of the molecule is C=CC(=O)N1CCN(n2c(=O)c(=O)n(-c3c(C)ccnc3C(C)C)c3c(F)c(-c4c(C)ccc5[nH]ncc45)c(Cl)cc32)CC1. The summed E-state index contributed by atoms with van der Waals surface area (Å²) in [7, 11) is 0. The number of nitrogens with zero attached hydrogens (tertiary/aromatic N) is 6. The fourth-order valence-corrected chi connectivity index (χ4v) is 6.36. The minimum absolute atomic E-state index is 0.0672. The molecule has 44 heavy (non-hydrogen) atoms. The molecule has 1 N–H and O–H groups in total. The first-order chi connectivity index (χ1) is 21.0. The van der Waals surface area contributed by atoms with Crippen molar-refractivity contribution in [2.45, 2.75) is 33.6 Å². The maximum atomic E-state index is 17.4. The molecule has 6 rings (SSSR count). The van der Waals surface area contributed by atoms with E-state index in [2.05, 4.69) is 21.8 Å². The fourth-order valence-electron chi connectivity index (χ4n) is 6.08. The van der Waals surface area contributed by atoms with E-state index in [9.17, 15) is 14.4 Å². The number of nitrogens with one attached hydrogen (secondary N) is 1. The topological polar surface area (TPSA) is 109 Å². The van der Waals surface area contributed by atoms with Crippen LogP contribution >= 0.6 is 11.6 Å². The van der Waals surface area contributed by atoms with Gasteiger partial charge in [-0.15, -0.1) is 0 Å². The van der Waals surface area contributed by atoms with E-state index >= 15 is 4.39 Å². The second kappa shape index (κ2) is 11.1. The predicted octanol–water partition coefficient (Wildman–Crippen LogP) is 4.59. The number of piperazine rings is 1. The Kier molecular flexibility index (Phi) is 7.36. The van der Waals surface area contributed by atoms with Gasteiger partial charge in [0.1, 0.15) is 5.52 Å². The summed E-state index contributed by atoms with van der Waals surface area (Å²) in [5.41, 5.74) is 1.86. The number of hydrogen-bond acceptors (Lipinski definition) is 6. The second-order valence-corrected chi connectivity index (χ2v) is 11.7. The summed E-state index contributed by atoms with van der Waals surface area (Å²) in [4.78, 5) is 46.5. The normalized spacial score (nSPS) is 13.8. The van der Waals surface area contributed by atoms with Gasteiger partial charge in [0.05, 0.1) is 46.7 Å². The Morgan fingerprint density at radius 2 is 1.80 bits per heavy atom. The molecule has 10 nitrogen and oxygen atoms in total. The Bertz CT molecular complexity index is 2110. The van der Waals surface area contributed by atoms with Crippen molar-refractivity contribution in [3.05, 3.63) is 97.7 Å². The van der Waals surface area contributed by atoms with Gasteiger partial charge >= 0.3 is 11.1 Å². The molecule has 0 radical (unpaired) electrons. The smallest absolute Gasteiger partial charge is 0.335 e. The number of aromatic nitrogens is 5. The average molecular weight is 616 g/mol. The minimum atomic E-state index is -0.925. The first kappa shape index (κ1) is 29.3. The molecule has 12 heteroatoms. The van der Waals surface area contributed by atoms with E-state index in [1.54, 1.807) is 35.3 Å². The molecule has 1 fully saturated rings. The van der Waals surface area contributed by atoms with Gasteiger partial charge in [-0.2, -0.15) is 5.10 Å². The molecule has 0 bridgehead atoms. The molecule has 0 atom stereocenters. The van der Waals surface area contributed by atoms with Gasteiger partial charge in [-0.1, -0.05) is 38.1 Å². The average Bonchev–Trinajstić information content (AvgIpc) is 3.48. The zero-order valence-electron chi connectivity index (χ0n) is 24.8. The molecule has 0 aliphatic carbocycles. The first-order valence-electron chi connectivity index (χ1n) is 14.3. The van der Waals surface area contributed by atoms with E-state index < -0.39 is 16.9 Å². The standard InChI is InChI=1S/C32H31ClFN7O3/c1-6-24(42)38-11-13-39(14-12-38)41-23-15-21(33)26(25-18(4)7-8-22-20(25)16-36-37-22)27(34)30(23)40(31(43)32(41)44)29-19(5)9-10-35-28(29)17(2)3/h6-10,15-17H,1,11-14H2,2-5H3,(H,36,37). The van der Waals surface area contributed by atoms with Crippen molar-refractivity contribution in [2.75, 3.05) is 31.2 Å². The van der Waals surface area contributed by atoms with Crippen molar-refractivity contribution in [2.24, 2.45) is 0 Å². The van der Waals surface area contributed by atoms with Gasteiger partial charge in [0.2, 0.25) is 5.91 Å². The molecule has 0 spiro atoms. The number of amides is 1. The lowest BCUT2D eigenvalue weighted by Gasteiger charge is -2.37. The van der Waals surface area contributed by atoms with Crippen molar-refractivity contribution < 1.29 is 9.18 Å². The molecule has 0 saturated carbocycles. The molecule has 4 heterocycles. The predicted molar refractivity (Wildman–Crippen MR) is 170 cm³/mol. The Balaban J connectivity index is 1.74. The highest BCUT2D eigenvalue weighted by Gasteiger charge is 2.30. The summed E-state index contributed by atoms with van der Waals surface area (Å²) in [6, 6.07) is 6.96. The lowest BCUT2D eigenvalue weighted by Crippen LogP contribution is -2.58. The number of carbonyl (C=O) groups is 1. The largest absolute Gasteiger partial charge is 0.335 e. The maximum Gasteiger partial charge on any atom is 0.335 e. The molecule has 2 aromatic carbocycles. The second-order valence-electron chi connectivity index (χ2n) is 11.3. The number of benzene rings is 2. The van der Waals surface area contributed by atoms with Crippen LogP contribution in [0.4, 0.5) is 4.39 Å². The number of aryl methyl sites for hydroxylation is 2. The van der Waals surface area contributed by atoms with Gasteiger partial charge in [-0.05, 0) is 55.2 Å². The molecule has 1 aliphatic heterocycles. The van der Waals surface area contributed by atoms with E-state index in [4.69, 9.17) is 11.6 Å². The van der Waals surface area contributed by atoms with Crippen LogP contribution in [0.1, 0.15) is 36.6 Å². The van der Waals surface area contributed by atoms with Gasteiger partial charge in [0, 0.05) is 35.8 Å². The molecule has 1 aliphatic rings. The van der Waals surface area contributed by atoms with Crippen LogP contribution in [-0.2, 0) is 4.79 Å². The third kappa shape index (κ3) is 4.50. The molecule has 1 amide bonds. The number of aromatic amines is 1.